The maximum absolute atomic E-state index is 13.3. The second kappa shape index (κ2) is 6.88. The van der Waals surface area contributed by atoms with E-state index in [-0.39, 0.29) is 11.9 Å². The van der Waals surface area contributed by atoms with Crippen molar-refractivity contribution in [2.24, 2.45) is 0 Å². The normalized spacial score (nSPS) is 17.7. The first-order valence-electron chi connectivity index (χ1n) is 8.95. The summed E-state index contributed by atoms with van der Waals surface area (Å²) in [6.07, 6.45) is 3.26. The van der Waals surface area contributed by atoms with Gasteiger partial charge < -0.3 is 10.1 Å². The number of fused-ring (bicyclic) bond motifs is 1. The van der Waals surface area contributed by atoms with Gasteiger partial charge in [0, 0.05) is 19.4 Å². The summed E-state index contributed by atoms with van der Waals surface area (Å²) in [6.45, 7) is 3.12. The smallest absolute Gasteiger partial charge is 0.231 e. The van der Waals surface area contributed by atoms with Crippen molar-refractivity contribution in [1.82, 2.24) is 19.9 Å². The first kappa shape index (κ1) is 16.7. The van der Waals surface area contributed by atoms with E-state index >= 15 is 0 Å². The van der Waals surface area contributed by atoms with Crippen LogP contribution in [0.3, 0.4) is 0 Å². The standard InChI is InChI=1S/C20H22N4O2/c1-15(18-23-22-17-9-5-6-12-24(17)18)21-19(25)20(10-13-26-14-11-20)16-7-3-2-4-8-16/h2-9,12,15H,10-11,13-14H2,1H3,(H,21,25)/t15-/m0/s1. The summed E-state index contributed by atoms with van der Waals surface area (Å²) in [5.74, 6) is 0.747. The first-order valence-corrected chi connectivity index (χ1v) is 8.95. The fourth-order valence-electron chi connectivity index (χ4n) is 3.68. The second-order valence-corrected chi connectivity index (χ2v) is 6.74. The lowest BCUT2D eigenvalue weighted by Crippen LogP contribution is -2.48. The van der Waals surface area contributed by atoms with Gasteiger partial charge in [-0.2, -0.15) is 0 Å². The highest BCUT2D eigenvalue weighted by Crippen LogP contribution is 2.35. The SMILES string of the molecule is C[C@H](NC(=O)C1(c2ccccc2)CCOCC1)c1nnc2ccccn12. The number of carbonyl (C=O) groups excluding carboxylic acids is 1. The minimum Gasteiger partial charge on any atom is -0.381 e. The molecular formula is C20H22N4O2. The van der Waals surface area contributed by atoms with Gasteiger partial charge in [-0.1, -0.05) is 36.4 Å². The van der Waals surface area contributed by atoms with Crippen molar-refractivity contribution in [2.75, 3.05) is 13.2 Å². The fraction of sp³-hybridized carbons (Fsp3) is 0.350. The van der Waals surface area contributed by atoms with Crippen LogP contribution in [0, 0.1) is 0 Å². The Morgan fingerprint density at radius 2 is 1.85 bits per heavy atom. The van der Waals surface area contributed by atoms with Crippen LogP contribution in [-0.4, -0.2) is 33.7 Å². The van der Waals surface area contributed by atoms with E-state index in [0.717, 1.165) is 17.0 Å². The lowest BCUT2D eigenvalue weighted by atomic mass is 9.73. The molecule has 0 unspecified atom stereocenters. The maximum Gasteiger partial charge on any atom is 0.231 e. The molecule has 134 valence electrons. The number of hydrogen-bond acceptors (Lipinski definition) is 4. The zero-order valence-corrected chi connectivity index (χ0v) is 14.8. The number of nitrogens with zero attached hydrogens (tertiary/aromatic N) is 3. The topological polar surface area (TPSA) is 68.5 Å². The van der Waals surface area contributed by atoms with E-state index in [9.17, 15) is 4.79 Å². The van der Waals surface area contributed by atoms with Crippen molar-refractivity contribution in [2.45, 2.75) is 31.2 Å². The van der Waals surface area contributed by atoms with E-state index in [1.165, 1.54) is 0 Å². The summed E-state index contributed by atoms with van der Waals surface area (Å²) >= 11 is 0. The molecule has 3 aromatic rings. The molecule has 2 aromatic heterocycles. The molecule has 1 fully saturated rings. The Morgan fingerprint density at radius 3 is 2.62 bits per heavy atom. The first-order chi connectivity index (χ1) is 12.7. The van der Waals surface area contributed by atoms with Crippen LogP contribution in [0.2, 0.25) is 0 Å². The Kier molecular flexibility index (Phi) is 4.42. The lowest BCUT2D eigenvalue weighted by molar-refractivity contribution is -0.131. The molecule has 6 heteroatoms. The number of hydrogen-bond donors (Lipinski definition) is 1. The van der Waals surface area contributed by atoms with Gasteiger partial charge in [0.2, 0.25) is 5.91 Å². The summed E-state index contributed by atoms with van der Waals surface area (Å²) < 4.78 is 7.43. The predicted octanol–water partition coefficient (Wildman–Crippen LogP) is 2.65. The summed E-state index contributed by atoms with van der Waals surface area (Å²) in [5, 5.41) is 11.6. The van der Waals surface area contributed by atoms with Crippen molar-refractivity contribution in [1.29, 1.82) is 0 Å². The van der Waals surface area contributed by atoms with E-state index < -0.39 is 5.41 Å². The number of amides is 1. The second-order valence-electron chi connectivity index (χ2n) is 6.74. The van der Waals surface area contributed by atoms with Gasteiger partial charge >= 0.3 is 0 Å². The van der Waals surface area contributed by atoms with Crippen LogP contribution in [0.25, 0.3) is 5.65 Å². The number of benzene rings is 1. The Bertz CT molecular complexity index is 900. The Morgan fingerprint density at radius 1 is 1.12 bits per heavy atom. The van der Waals surface area contributed by atoms with Crippen LogP contribution in [-0.2, 0) is 14.9 Å². The molecule has 1 amide bonds. The number of aromatic nitrogens is 3. The minimum absolute atomic E-state index is 0.0205. The van der Waals surface area contributed by atoms with Crippen molar-refractivity contribution < 1.29 is 9.53 Å². The third-order valence-corrected chi connectivity index (χ3v) is 5.18. The molecule has 3 heterocycles. The van der Waals surface area contributed by atoms with E-state index in [4.69, 9.17) is 4.74 Å². The van der Waals surface area contributed by atoms with E-state index in [1.54, 1.807) is 0 Å². The Labute approximate surface area is 152 Å². The quantitative estimate of drug-likeness (QED) is 0.785. The third-order valence-electron chi connectivity index (χ3n) is 5.18. The molecule has 1 atom stereocenters. The molecule has 0 bridgehead atoms. The number of ether oxygens (including phenoxy) is 1. The van der Waals surface area contributed by atoms with Gasteiger partial charge in [0.1, 0.15) is 0 Å². The molecule has 0 radical (unpaired) electrons. The molecule has 4 rings (SSSR count). The van der Waals surface area contributed by atoms with E-state index in [2.05, 4.69) is 15.5 Å². The summed E-state index contributed by atoms with van der Waals surface area (Å²) in [4.78, 5) is 13.3. The molecular weight excluding hydrogens is 328 g/mol. The molecule has 6 nitrogen and oxygen atoms in total. The molecule has 0 spiro atoms. The van der Waals surface area contributed by atoms with Gasteiger partial charge in [-0.05, 0) is 37.5 Å². The van der Waals surface area contributed by atoms with Gasteiger partial charge in [0.15, 0.2) is 11.5 Å². The number of nitrogens with one attached hydrogen (secondary N) is 1. The lowest BCUT2D eigenvalue weighted by Gasteiger charge is -2.37. The van der Waals surface area contributed by atoms with Crippen LogP contribution in [0.5, 0.6) is 0 Å². The largest absolute Gasteiger partial charge is 0.381 e. The predicted molar refractivity (Wildman–Crippen MR) is 97.7 cm³/mol. The molecule has 0 aliphatic carbocycles. The van der Waals surface area contributed by atoms with E-state index in [1.807, 2.05) is 66.1 Å². The van der Waals surface area contributed by atoms with Gasteiger partial charge in [-0.15, -0.1) is 10.2 Å². The van der Waals surface area contributed by atoms with Crippen LogP contribution >= 0.6 is 0 Å². The zero-order chi connectivity index (χ0) is 18.0. The van der Waals surface area contributed by atoms with Gasteiger partial charge in [0.25, 0.3) is 0 Å². The van der Waals surface area contributed by atoms with E-state index in [0.29, 0.717) is 26.1 Å². The summed E-state index contributed by atoms with van der Waals surface area (Å²) in [6, 6.07) is 15.5. The fourth-order valence-corrected chi connectivity index (χ4v) is 3.68. The molecule has 26 heavy (non-hydrogen) atoms. The van der Waals surface area contributed by atoms with Crippen LogP contribution in [0.4, 0.5) is 0 Å². The number of rotatable bonds is 4. The minimum atomic E-state index is -0.561. The zero-order valence-electron chi connectivity index (χ0n) is 14.8. The Balaban J connectivity index is 1.62. The monoisotopic (exact) mass is 350 g/mol. The maximum atomic E-state index is 13.3. The van der Waals surface area contributed by atoms with Crippen LogP contribution in [0.15, 0.2) is 54.7 Å². The molecule has 1 aliphatic rings. The van der Waals surface area contributed by atoms with Crippen LogP contribution < -0.4 is 5.32 Å². The van der Waals surface area contributed by atoms with Crippen molar-refractivity contribution in [3.63, 3.8) is 0 Å². The van der Waals surface area contributed by atoms with Crippen molar-refractivity contribution in [3.05, 3.63) is 66.1 Å². The summed E-state index contributed by atoms with van der Waals surface area (Å²) in [7, 11) is 0. The molecule has 1 aromatic carbocycles. The van der Waals surface area contributed by atoms with Gasteiger partial charge in [0.05, 0.1) is 11.5 Å². The number of carbonyl (C=O) groups is 1. The van der Waals surface area contributed by atoms with Crippen molar-refractivity contribution in [3.8, 4) is 0 Å². The number of pyridine rings is 1. The average molecular weight is 350 g/mol. The molecule has 1 N–H and O–H groups in total. The Hall–Kier alpha value is -2.73. The molecule has 0 saturated carbocycles. The van der Waals surface area contributed by atoms with Crippen molar-refractivity contribution >= 4 is 11.6 Å². The van der Waals surface area contributed by atoms with Gasteiger partial charge in [-0.25, -0.2) is 0 Å². The molecule has 1 aliphatic heterocycles. The molecule has 1 saturated heterocycles. The summed E-state index contributed by atoms with van der Waals surface area (Å²) in [5.41, 5.74) is 1.25. The highest BCUT2D eigenvalue weighted by atomic mass is 16.5. The van der Waals surface area contributed by atoms with Gasteiger partial charge in [-0.3, -0.25) is 9.20 Å². The highest BCUT2D eigenvalue weighted by Gasteiger charge is 2.42. The van der Waals surface area contributed by atoms with Crippen LogP contribution in [0.1, 0.15) is 37.2 Å². The third kappa shape index (κ3) is 2.86. The highest BCUT2D eigenvalue weighted by molar-refractivity contribution is 5.88. The average Bonchev–Trinajstić information content (AvgIpc) is 3.13.